The summed E-state index contributed by atoms with van der Waals surface area (Å²) in [5, 5.41) is 3.30. The Morgan fingerprint density at radius 3 is 2.89 bits per heavy atom. The molecule has 0 amide bonds. The predicted octanol–water partition coefficient (Wildman–Crippen LogP) is 2.71. The van der Waals surface area contributed by atoms with Crippen LogP contribution in [0.5, 0.6) is 0 Å². The fraction of sp³-hybridized carbons (Fsp3) is 0.714. The van der Waals surface area contributed by atoms with Gasteiger partial charge in [0.2, 0.25) is 0 Å². The minimum Gasteiger partial charge on any atom is -0.370 e. The van der Waals surface area contributed by atoms with Crippen LogP contribution in [0.1, 0.15) is 39.4 Å². The first-order valence-electron chi connectivity index (χ1n) is 7.09. The van der Waals surface area contributed by atoms with E-state index >= 15 is 0 Å². The summed E-state index contributed by atoms with van der Waals surface area (Å²) >= 11 is 0. The van der Waals surface area contributed by atoms with Gasteiger partial charge in [-0.3, -0.25) is 0 Å². The molecule has 100 valence electrons. The Kier molecular flexibility index (Phi) is 4.39. The molecule has 1 aromatic rings. The maximum Gasteiger partial charge on any atom is 0.134 e. The lowest BCUT2D eigenvalue weighted by Crippen LogP contribution is -2.35. The second kappa shape index (κ2) is 6.03. The van der Waals surface area contributed by atoms with Crippen molar-refractivity contribution >= 4 is 11.6 Å². The van der Waals surface area contributed by atoms with Crippen molar-refractivity contribution in [1.29, 1.82) is 0 Å². The van der Waals surface area contributed by atoms with Gasteiger partial charge in [0.15, 0.2) is 0 Å². The molecule has 1 atom stereocenters. The highest BCUT2D eigenvalue weighted by Crippen LogP contribution is 2.23. The molecule has 18 heavy (non-hydrogen) atoms. The van der Waals surface area contributed by atoms with E-state index in [1.54, 1.807) is 0 Å². The average molecular weight is 248 g/mol. The van der Waals surface area contributed by atoms with Crippen molar-refractivity contribution in [3.63, 3.8) is 0 Å². The largest absolute Gasteiger partial charge is 0.370 e. The maximum absolute atomic E-state index is 4.67. The highest BCUT2D eigenvalue weighted by atomic mass is 15.2. The van der Waals surface area contributed by atoms with Crippen LogP contribution in [0.3, 0.4) is 0 Å². The zero-order chi connectivity index (χ0) is 13.0. The number of piperidine rings is 1. The SMILES string of the molecule is CCNc1cc(N2CCCC(C)C2)nc(CC)n1. The molecular weight excluding hydrogens is 224 g/mol. The Morgan fingerprint density at radius 1 is 1.39 bits per heavy atom. The first kappa shape index (κ1) is 13.1. The van der Waals surface area contributed by atoms with Gasteiger partial charge in [-0.25, -0.2) is 9.97 Å². The van der Waals surface area contributed by atoms with E-state index in [1.807, 2.05) is 0 Å². The van der Waals surface area contributed by atoms with Gasteiger partial charge in [0.25, 0.3) is 0 Å². The molecule has 4 nitrogen and oxygen atoms in total. The van der Waals surface area contributed by atoms with Crippen molar-refractivity contribution in [2.45, 2.75) is 40.0 Å². The second-order valence-electron chi connectivity index (χ2n) is 5.10. The molecule has 1 unspecified atom stereocenters. The van der Waals surface area contributed by atoms with Gasteiger partial charge in [0.05, 0.1) is 0 Å². The third kappa shape index (κ3) is 3.12. The van der Waals surface area contributed by atoms with E-state index in [9.17, 15) is 0 Å². The molecule has 2 heterocycles. The normalized spacial score (nSPS) is 19.9. The smallest absolute Gasteiger partial charge is 0.134 e. The third-order valence-electron chi connectivity index (χ3n) is 3.41. The number of anilines is 2. The van der Waals surface area contributed by atoms with Crippen molar-refractivity contribution < 1.29 is 0 Å². The van der Waals surface area contributed by atoms with Crippen LogP contribution in [0.15, 0.2) is 6.07 Å². The number of aromatic nitrogens is 2. The van der Waals surface area contributed by atoms with Crippen LogP contribution in [0, 0.1) is 5.92 Å². The number of hydrogen-bond acceptors (Lipinski definition) is 4. The molecule has 0 radical (unpaired) electrons. The molecule has 0 bridgehead atoms. The molecule has 0 aliphatic carbocycles. The Bertz CT molecular complexity index is 391. The van der Waals surface area contributed by atoms with Gasteiger partial charge in [0, 0.05) is 32.1 Å². The molecule has 1 aliphatic heterocycles. The molecule has 0 spiro atoms. The van der Waals surface area contributed by atoms with Crippen molar-refractivity contribution in [2.75, 3.05) is 29.9 Å². The highest BCUT2D eigenvalue weighted by molar-refractivity contribution is 5.49. The summed E-state index contributed by atoms with van der Waals surface area (Å²) in [6.07, 6.45) is 3.49. The van der Waals surface area contributed by atoms with Crippen LogP contribution in [0.2, 0.25) is 0 Å². The molecular formula is C14H24N4. The summed E-state index contributed by atoms with van der Waals surface area (Å²) in [6.45, 7) is 9.65. The molecule has 1 fully saturated rings. The van der Waals surface area contributed by atoms with Crippen LogP contribution in [-0.2, 0) is 6.42 Å². The van der Waals surface area contributed by atoms with E-state index in [-0.39, 0.29) is 0 Å². The zero-order valence-corrected chi connectivity index (χ0v) is 11.7. The van der Waals surface area contributed by atoms with E-state index in [0.717, 1.165) is 49.4 Å². The number of nitrogens with zero attached hydrogens (tertiary/aromatic N) is 3. The third-order valence-corrected chi connectivity index (χ3v) is 3.41. The summed E-state index contributed by atoms with van der Waals surface area (Å²) < 4.78 is 0. The molecule has 1 aromatic heterocycles. The number of hydrogen-bond donors (Lipinski definition) is 1. The summed E-state index contributed by atoms with van der Waals surface area (Å²) in [4.78, 5) is 11.6. The summed E-state index contributed by atoms with van der Waals surface area (Å²) in [7, 11) is 0. The van der Waals surface area contributed by atoms with Crippen molar-refractivity contribution in [3.8, 4) is 0 Å². The predicted molar refractivity (Wildman–Crippen MR) is 76.2 cm³/mol. The number of nitrogens with one attached hydrogen (secondary N) is 1. The summed E-state index contributed by atoms with van der Waals surface area (Å²) in [5.74, 6) is 3.74. The van der Waals surface area contributed by atoms with Gasteiger partial charge in [-0.1, -0.05) is 13.8 Å². The van der Waals surface area contributed by atoms with E-state index < -0.39 is 0 Å². The Hall–Kier alpha value is -1.32. The molecule has 1 aliphatic rings. The minimum absolute atomic E-state index is 0.765. The van der Waals surface area contributed by atoms with Crippen LogP contribution in [0.4, 0.5) is 11.6 Å². The second-order valence-corrected chi connectivity index (χ2v) is 5.10. The molecule has 4 heteroatoms. The first-order valence-corrected chi connectivity index (χ1v) is 7.09. The van der Waals surface area contributed by atoms with Crippen LogP contribution in [-0.4, -0.2) is 29.6 Å². The molecule has 1 saturated heterocycles. The standard InChI is InChI=1S/C14H24N4/c1-4-12-16-13(15-5-2)9-14(17-12)18-8-6-7-11(3)10-18/h9,11H,4-8,10H2,1-3H3,(H,15,16,17). The van der Waals surface area contributed by atoms with Gasteiger partial charge >= 0.3 is 0 Å². The topological polar surface area (TPSA) is 41.0 Å². The lowest BCUT2D eigenvalue weighted by atomic mass is 10.0. The van der Waals surface area contributed by atoms with Gasteiger partial charge in [0.1, 0.15) is 17.5 Å². The summed E-state index contributed by atoms with van der Waals surface area (Å²) in [6, 6.07) is 2.08. The lowest BCUT2D eigenvalue weighted by Gasteiger charge is -2.32. The molecule has 0 aromatic carbocycles. The summed E-state index contributed by atoms with van der Waals surface area (Å²) in [5.41, 5.74) is 0. The van der Waals surface area contributed by atoms with Gasteiger partial charge < -0.3 is 10.2 Å². The van der Waals surface area contributed by atoms with Crippen LogP contribution >= 0.6 is 0 Å². The van der Waals surface area contributed by atoms with Gasteiger partial charge in [-0.15, -0.1) is 0 Å². The fourth-order valence-corrected chi connectivity index (χ4v) is 2.47. The van der Waals surface area contributed by atoms with E-state index in [1.165, 1.54) is 12.8 Å². The van der Waals surface area contributed by atoms with E-state index in [0.29, 0.717) is 0 Å². The van der Waals surface area contributed by atoms with Crippen molar-refractivity contribution in [2.24, 2.45) is 5.92 Å². The molecule has 0 saturated carbocycles. The van der Waals surface area contributed by atoms with E-state index in [2.05, 4.69) is 47.0 Å². The fourth-order valence-electron chi connectivity index (χ4n) is 2.47. The number of rotatable bonds is 4. The average Bonchev–Trinajstić information content (AvgIpc) is 2.39. The Labute approximate surface area is 110 Å². The van der Waals surface area contributed by atoms with Crippen molar-refractivity contribution in [3.05, 3.63) is 11.9 Å². The monoisotopic (exact) mass is 248 g/mol. The molecule has 1 N–H and O–H groups in total. The first-order chi connectivity index (χ1) is 8.72. The van der Waals surface area contributed by atoms with Crippen LogP contribution < -0.4 is 10.2 Å². The zero-order valence-electron chi connectivity index (χ0n) is 11.7. The minimum atomic E-state index is 0.765. The molecule has 2 rings (SSSR count). The van der Waals surface area contributed by atoms with Gasteiger partial charge in [-0.2, -0.15) is 0 Å². The highest BCUT2D eigenvalue weighted by Gasteiger charge is 2.18. The number of aryl methyl sites for hydroxylation is 1. The van der Waals surface area contributed by atoms with E-state index in [4.69, 9.17) is 0 Å². The lowest BCUT2D eigenvalue weighted by molar-refractivity contribution is 0.444. The maximum atomic E-state index is 4.67. The Morgan fingerprint density at radius 2 is 2.22 bits per heavy atom. The Balaban J connectivity index is 2.22. The quantitative estimate of drug-likeness (QED) is 0.889. The van der Waals surface area contributed by atoms with Crippen LogP contribution in [0.25, 0.3) is 0 Å². The van der Waals surface area contributed by atoms with Crippen molar-refractivity contribution in [1.82, 2.24) is 9.97 Å². The van der Waals surface area contributed by atoms with Gasteiger partial charge in [-0.05, 0) is 25.7 Å².